The molecule has 1 saturated heterocycles. The van der Waals surface area contributed by atoms with Crippen LogP contribution < -0.4 is 9.64 Å². The lowest BCUT2D eigenvalue weighted by Crippen LogP contribution is -2.29. The molecule has 0 aliphatic carbocycles. The van der Waals surface area contributed by atoms with Gasteiger partial charge in [0.15, 0.2) is 0 Å². The van der Waals surface area contributed by atoms with Gasteiger partial charge < -0.3 is 9.84 Å². The largest absolute Gasteiger partial charge is 0.507 e. The van der Waals surface area contributed by atoms with E-state index in [1.807, 2.05) is 55.6 Å². The quantitative estimate of drug-likeness (QED) is 0.298. The van der Waals surface area contributed by atoms with Crippen LogP contribution in [0.25, 0.3) is 5.76 Å². The predicted molar refractivity (Wildman–Crippen MR) is 127 cm³/mol. The molecule has 164 valence electrons. The zero-order valence-corrected chi connectivity index (χ0v) is 19.1. The van der Waals surface area contributed by atoms with Gasteiger partial charge in [0, 0.05) is 16.1 Å². The Balaban J connectivity index is 1.81. The number of thiophene rings is 1. The van der Waals surface area contributed by atoms with Crippen LogP contribution in [-0.2, 0) is 16.0 Å². The van der Waals surface area contributed by atoms with E-state index in [0.717, 1.165) is 16.9 Å². The number of anilines is 1. The summed E-state index contributed by atoms with van der Waals surface area (Å²) < 4.78 is 5.66. The number of Topliss-reactive ketones (excluding diaryl/α,β-unsaturated/α-hetero) is 1. The van der Waals surface area contributed by atoms with Crippen molar-refractivity contribution in [2.24, 2.45) is 0 Å². The van der Waals surface area contributed by atoms with E-state index in [0.29, 0.717) is 17.0 Å². The maximum Gasteiger partial charge on any atom is 0.300 e. The fourth-order valence-electron chi connectivity index (χ4n) is 3.83. The molecule has 32 heavy (non-hydrogen) atoms. The molecule has 1 atom stereocenters. The van der Waals surface area contributed by atoms with Crippen molar-refractivity contribution >= 4 is 34.5 Å². The van der Waals surface area contributed by atoms with Crippen molar-refractivity contribution in [3.63, 3.8) is 0 Å². The van der Waals surface area contributed by atoms with E-state index in [-0.39, 0.29) is 17.4 Å². The molecule has 0 bridgehead atoms. The Morgan fingerprint density at radius 3 is 2.31 bits per heavy atom. The molecule has 1 amide bonds. The van der Waals surface area contributed by atoms with Gasteiger partial charge in [-0.3, -0.25) is 14.5 Å². The topological polar surface area (TPSA) is 66.8 Å². The van der Waals surface area contributed by atoms with Crippen LogP contribution in [0.15, 0.2) is 71.6 Å². The van der Waals surface area contributed by atoms with Crippen LogP contribution in [0.1, 0.15) is 42.8 Å². The highest BCUT2D eigenvalue weighted by Gasteiger charge is 2.47. The highest BCUT2D eigenvalue weighted by atomic mass is 32.1. The molecule has 1 unspecified atom stereocenters. The van der Waals surface area contributed by atoms with Gasteiger partial charge >= 0.3 is 0 Å². The first-order chi connectivity index (χ1) is 15.4. The third-order valence-corrected chi connectivity index (χ3v) is 6.30. The first-order valence-electron chi connectivity index (χ1n) is 10.6. The van der Waals surface area contributed by atoms with Gasteiger partial charge in [-0.2, -0.15) is 0 Å². The number of aryl methyl sites for hydroxylation is 1. The summed E-state index contributed by atoms with van der Waals surface area (Å²) in [5.41, 5.74) is 2.32. The maximum atomic E-state index is 13.1. The maximum absolute atomic E-state index is 13.1. The van der Waals surface area contributed by atoms with E-state index in [1.165, 1.54) is 16.2 Å². The molecule has 1 aliphatic heterocycles. The molecule has 1 fully saturated rings. The van der Waals surface area contributed by atoms with Crippen molar-refractivity contribution < 1.29 is 19.4 Å². The van der Waals surface area contributed by atoms with Crippen molar-refractivity contribution in [1.29, 1.82) is 0 Å². The highest BCUT2D eigenvalue weighted by Crippen LogP contribution is 2.43. The first kappa shape index (κ1) is 21.8. The molecule has 2 aromatic carbocycles. The SMILES string of the molecule is CCc1ccc(N2C(=O)C(=O)/C(=C(\O)c3ccc(OC(C)C)cc3)C2c2cccs2)cc1. The summed E-state index contributed by atoms with van der Waals surface area (Å²) >= 11 is 1.44. The normalized spacial score (nSPS) is 17.9. The number of nitrogens with zero attached hydrogens (tertiary/aromatic N) is 1. The minimum atomic E-state index is -0.692. The number of ether oxygens (including phenoxy) is 1. The van der Waals surface area contributed by atoms with Crippen molar-refractivity contribution in [3.05, 3.63) is 87.6 Å². The van der Waals surface area contributed by atoms with Crippen LogP contribution in [0.3, 0.4) is 0 Å². The summed E-state index contributed by atoms with van der Waals surface area (Å²) in [7, 11) is 0. The van der Waals surface area contributed by atoms with Gasteiger partial charge in [0.05, 0.1) is 11.7 Å². The summed E-state index contributed by atoms with van der Waals surface area (Å²) in [6.45, 7) is 5.93. The van der Waals surface area contributed by atoms with Crippen molar-refractivity contribution in [2.75, 3.05) is 4.90 Å². The monoisotopic (exact) mass is 447 g/mol. The number of amides is 1. The Morgan fingerprint density at radius 2 is 1.75 bits per heavy atom. The molecule has 2 heterocycles. The number of carbonyl (C=O) groups excluding carboxylic acids is 2. The van der Waals surface area contributed by atoms with E-state index >= 15 is 0 Å². The van der Waals surface area contributed by atoms with Crippen LogP contribution in [0.4, 0.5) is 5.69 Å². The Morgan fingerprint density at radius 1 is 1.06 bits per heavy atom. The number of hydrogen-bond acceptors (Lipinski definition) is 5. The third kappa shape index (κ3) is 4.06. The minimum Gasteiger partial charge on any atom is -0.507 e. The summed E-state index contributed by atoms with van der Waals surface area (Å²) in [6.07, 6.45) is 0.905. The van der Waals surface area contributed by atoms with Crippen LogP contribution in [-0.4, -0.2) is 22.9 Å². The van der Waals surface area contributed by atoms with Crippen molar-refractivity contribution in [1.82, 2.24) is 0 Å². The standard InChI is InChI=1S/C26H25NO4S/c1-4-17-7-11-19(12-8-17)27-23(21-6-5-15-32-21)22(25(29)26(27)30)24(28)18-9-13-20(14-10-18)31-16(2)3/h5-16,23,28H,4H2,1-3H3/b24-22-. The Bertz CT molecular complexity index is 1150. The van der Waals surface area contributed by atoms with E-state index < -0.39 is 17.7 Å². The van der Waals surface area contributed by atoms with Gasteiger partial charge in [0.2, 0.25) is 0 Å². The highest BCUT2D eigenvalue weighted by molar-refractivity contribution is 7.10. The fraction of sp³-hybridized carbons (Fsp3) is 0.231. The zero-order chi connectivity index (χ0) is 22.8. The molecule has 1 N–H and O–H groups in total. The van der Waals surface area contributed by atoms with Gasteiger partial charge in [-0.25, -0.2) is 0 Å². The first-order valence-corrected chi connectivity index (χ1v) is 11.5. The average molecular weight is 448 g/mol. The third-order valence-electron chi connectivity index (χ3n) is 5.38. The van der Waals surface area contributed by atoms with Gasteiger partial charge in [-0.05, 0) is 73.7 Å². The molecule has 6 heteroatoms. The predicted octanol–water partition coefficient (Wildman–Crippen LogP) is 5.72. The van der Waals surface area contributed by atoms with Crippen LogP contribution in [0, 0.1) is 0 Å². The van der Waals surface area contributed by atoms with Crippen LogP contribution >= 0.6 is 11.3 Å². The lowest BCUT2D eigenvalue weighted by molar-refractivity contribution is -0.132. The molecule has 0 saturated carbocycles. The molecular formula is C26H25NO4S. The smallest absolute Gasteiger partial charge is 0.300 e. The molecular weight excluding hydrogens is 422 g/mol. The van der Waals surface area contributed by atoms with E-state index in [2.05, 4.69) is 6.92 Å². The van der Waals surface area contributed by atoms with Crippen LogP contribution in [0.2, 0.25) is 0 Å². The van der Waals surface area contributed by atoms with E-state index in [1.54, 1.807) is 24.3 Å². The second-order valence-corrected chi connectivity index (χ2v) is 8.87. The molecule has 3 aromatic rings. The van der Waals surface area contributed by atoms with Crippen molar-refractivity contribution in [3.8, 4) is 5.75 Å². The zero-order valence-electron chi connectivity index (χ0n) is 18.2. The fourth-order valence-corrected chi connectivity index (χ4v) is 4.65. The molecule has 1 aromatic heterocycles. The van der Waals surface area contributed by atoms with Crippen LogP contribution in [0.5, 0.6) is 5.75 Å². The summed E-state index contributed by atoms with van der Waals surface area (Å²) in [5.74, 6) is -0.856. The van der Waals surface area contributed by atoms with Crippen molar-refractivity contribution in [2.45, 2.75) is 39.3 Å². The number of rotatable bonds is 6. The molecule has 5 nitrogen and oxygen atoms in total. The second kappa shape index (κ2) is 9.01. The molecule has 0 spiro atoms. The summed E-state index contributed by atoms with van der Waals surface area (Å²) in [5, 5.41) is 13.0. The minimum absolute atomic E-state index is 0.0256. The van der Waals surface area contributed by atoms with Gasteiger partial charge in [0.25, 0.3) is 11.7 Å². The molecule has 4 rings (SSSR count). The lowest BCUT2D eigenvalue weighted by atomic mass is 9.99. The van der Waals surface area contributed by atoms with Gasteiger partial charge in [-0.1, -0.05) is 25.1 Å². The molecule has 0 radical (unpaired) electrons. The number of aliphatic hydroxyl groups excluding tert-OH is 1. The number of ketones is 1. The molecule has 1 aliphatic rings. The van der Waals surface area contributed by atoms with Gasteiger partial charge in [-0.15, -0.1) is 11.3 Å². The Hall–Kier alpha value is -3.38. The number of aliphatic hydroxyl groups is 1. The number of benzene rings is 2. The average Bonchev–Trinajstić information content (AvgIpc) is 3.41. The summed E-state index contributed by atoms with van der Waals surface area (Å²) in [4.78, 5) is 28.5. The lowest BCUT2D eigenvalue weighted by Gasteiger charge is -2.24. The second-order valence-electron chi connectivity index (χ2n) is 7.90. The summed E-state index contributed by atoms with van der Waals surface area (Å²) in [6, 6.07) is 17.5. The van der Waals surface area contributed by atoms with E-state index in [9.17, 15) is 14.7 Å². The Kier molecular flexibility index (Phi) is 6.15. The van der Waals surface area contributed by atoms with E-state index in [4.69, 9.17) is 4.74 Å². The van der Waals surface area contributed by atoms with Gasteiger partial charge in [0.1, 0.15) is 17.6 Å². The number of hydrogen-bond donors (Lipinski definition) is 1. The Labute approximate surface area is 191 Å². The number of carbonyl (C=O) groups is 2.